The summed E-state index contributed by atoms with van der Waals surface area (Å²) in [4.78, 5) is 20.0. The second-order valence-corrected chi connectivity index (χ2v) is 4.74. The van der Waals surface area contributed by atoms with E-state index >= 15 is 0 Å². The first-order chi connectivity index (χ1) is 10.1. The van der Waals surface area contributed by atoms with Gasteiger partial charge in [-0.1, -0.05) is 12.1 Å². The number of H-pyrrole nitrogens is 1. The highest BCUT2D eigenvalue weighted by atomic mass is 16.5. The predicted octanol–water partition coefficient (Wildman–Crippen LogP) is 2.60. The summed E-state index contributed by atoms with van der Waals surface area (Å²) < 4.78 is 5.43. The average Bonchev–Trinajstić information content (AvgIpc) is 3.00. The van der Waals surface area contributed by atoms with Crippen LogP contribution in [0.2, 0.25) is 0 Å². The van der Waals surface area contributed by atoms with E-state index in [1.807, 2.05) is 31.2 Å². The van der Waals surface area contributed by atoms with Gasteiger partial charge in [0.05, 0.1) is 23.4 Å². The van der Waals surface area contributed by atoms with Crippen LogP contribution in [0.15, 0.2) is 40.7 Å². The standard InChI is InChI=1S/C15H16N4O2/c1-4-21-10(3)13-9(2)18-19(14(13)20)15-16-11-7-5-6-8-12(11)17-15/h5-8H,4H2,1-3H3,(H,16,17)/b13-10+. The second-order valence-electron chi connectivity index (χ2n) is 4.74. The number of carbonyl (C=O) groups is 1. The van der Waals surface area contributed by atoms with Gasteiger partial charge in [0.1, 0.15) is 11.3 Å². The van der Waals surface area contributed by atoms with E-state index in [1.165, 1.54) is 5.01 Å². The first-order valence-electron chi connectivity index (χ1n) is 6.80. The summed E-state index contributed by atoms with van der Waals surface area (Å²) in [6.45, 7) is 5.96. The molecule has 1 aromatic heterocycles. The molecule has 1 aliphatic rings. The van der Waals surface area contributed by atoms with Crippen LogP contribution in [0.5, 0.6) is 0 Å². The molecule has 1 N–H and O–H groups in total. The number of rotatable bonds is 3. The fraction of sp³-hybridized carbons (Fsp3) is 0.267. The van der Waals surface area contributed by atoms with E-state index in [-0.39, 0.29) is 5.91 Å². The Morgan fingerprint density at radius 2 is 2.14 bits per heavy atom. The van der Waals surface area contributed by atoms with Crippen LogP contribution in [0, 0.1) is 0 Å². The van der Waals surface area contributed by atoms with Gasteiger partial charge in [0, 0.05) is 0 Å². The van der Waals surface area contributed by atoms with Gasteiger partial charge >= 0.3 is 0 Å². The Bertz CT molecular complexity index is 740. The molecule has 0 unspecified atom stereocenters. The number of amides is 1. The molecule has 0 saturated heterocycles. The number of nitrogens with zero attached hydrogens (tertiary/aromatic N) is 3. The van der Waals surface area contributed by atoms with Crippen LogP contribution in [0.3, 0.4) is 0 Å². The lowest BCUT2D eigenvalue weighted by atomic mass is 10.1. The molecule has 0 atom stereocenters. The van der Waals surface area contributed by atoms with E-state index in [0.29, 0.717) is 29.6 Å². The van der Waals surface area contributed by atoms with E-state index in [1.54, 1.807) is 13.8 Å². The topological polar surface area (TPSA) is 70.6 Å². The highest BCUT2D eigenvalue weighted by molar-refractivity contribution is 6.29. The predicted molar refractivity (Wildman–Crippen MR) is 81.0 cm³/mol. The number of anilines is 1. The number of imidazole rings is 1. The van der Waals surface area contributed by atoms with Crippen molar-refractivity contribution in [3.63, 3.8) is 0 Å². The maximum absolute atomic E-state index is 12.5. The number of ether oxygens (including phenoxy) is 1. The molecular weight excluding hydrogens is 268 g/mol. The van der Waals surface area contributed by atoms with Gasteiger partial charge in [-0.2, -0.15) is 10.1 Å². The zero-order chi connectivity index (χ0) is 15.0. The van der Waals surface area contributed by atoms with E-state index in [0.717, 1.165) is 11.0 Å². The lowest BCUT2D eigenvalue weighted by Gasteiger charge is -2.09. The molecular formula is C15H16N4O2. The number of benzene rings is 1. The quantitative estimate of drug-likeness (QED) is 0.695. The van der Waals surface area contributed by atoms with Crippen molar-refractivity contribution in [2.24, 2.45) is 5.10 Å². The van der Waals surface area contributed by atoms with Gasteiger partial charge in [-0.3, -0.25) is 4.79 Å². The molecule has 0 saturated carbocycles. The largest absolute Gasteiger partial charge is 0.498 e. The Kier molecular flexibility index (Phi) is 3.21. The van der Waals surface area contributed by atoms with Gasteiger partial charge < -0.3 is 9.72 Å². The molecule has 6 nitrogen and oxygen atoms in total. The molecule has 0 aliphatic carbocycles. The molecule has 0 fully saturated rings. The van der Waals surface area contributed by atoms with Gasteiger partial charge in [-0.25, -0.2) is 4.98 Å². The normalized spacial score (nSPS) is 17.4. The number of allylic oxidation sites excluding steroid dienone is 1. The summed E-state index contributed by atoms with van der Waals surface area (Å²) in [6.07, 6.45) is 0. The Morgan fingerprint density at radius 1 is 1.38 bits per heavy atom. The second kappa shape index (κ2) is 5.05. The number of hydrogen-bond donors (Lipinski definition) is 1. The highest BCUT2D eigenvalue weighted by Gasteiger charge is 2.33. The Morgan fingerprint density at radius 3 is 2.86 bits per heavy atom. The number of fused-ring (bicyclic) bond motifs is 1. The van der Waals surface area contributed by atoms with Crippen molar-refractivity contribution in [3.05, 3.63) is 35.6 Å². The van der Waals surface area contributed by atoms with Crippen LogP contribution in [-0.4, -0.2) is 28.2 Å². The zero-order valence-corrected chi connectivity index (χ0v) is 12.2. The molecule has 0 bridgehead atoms. The van der Waals surface area contributed by atoms with Gasteiger partial charge in [0.25, 0.3) is 5.91 Å². The number of para-hydroxylation sites is 2. The third kappa shape index (κ3) is 2.18. The fourth-order valence-corrected chi connectivity index (χ4v) is 2.38. The monoisotopic (exact) mass is 284 g/mol. The summed E-state index contributed by atoms with van der Waals surface area (Å²) in [5, 5.41) is 5.57. The first-order valence-corrected chi connectivity index (χ1v) is 6.80. The summed E-state index contributed by atoms with van der Waals surface area (Å²) in [7, 11) is 0. The van der Waals surface area contributed by atoms with Crippen molar-refractivity contribution in [2.75, 3.05) is 11.6 Å². The molecule has 2 aromatic rings. The minimum Gasteiger partial charge on any atom is -0.498 e. The highest BCUT2D eigenvalue weighted by Crippen LogP contribution is 2.25. The number of carbonyl (C=O) groups excluding carboxylic acids is 1. The third-order valence-corrected chi connectivity index (χ3v) is 3.31. The van der Waals surface area contributed by atoms with Crippen LogP contribution >= 0.6 is 0 Å². The molecule has 6 heteroatoms. The number of nitrogens with one attached hydrogen (secondary N) is 1. The van der Waals surface area contributed by atoms with E-state index in [4.69, 9.17) is 4.74 Å². The molecule has 0 spiro atoms. The maximum atomic E-state index is 12.5. The van der Waals surface area contributed by atoms with Crippen molar-refractivity contribution in [1.29, 1.82) is 0 Å². The lowest BCUT2D eigenvalue weighted by Crippen LogP contribution is -2.23. The SMILES string of the molecule is CCO/C(C)=C1/C(=O)N(c2nc3ccccc3[nH]2)N=C1C. The molecule has 108 valence electrons. The molecule has 2 heterocycles. The molecule has 1 aliphatic heterocycles. The molecule has 0 radical (unpaired) electrons. The Hall–Kier alpha value is -2.63. The minimum atomic E-state index is -0.225. The summed E-state index contributed by atoms with van der Waals surface area (Å²) in [5.74, 6) is 0.778. The number of hydrazone groups is 1. The van der Waals surface area contributed by atoms with Crippen LogP contribution in [0.25, 0.3) is 11.0 Å². The number of aromatic amines is 1. The van der Waals surface area contributed by atoms with Crippen molar-refractivity contribution in [2.45, 2.75) is 20.8 Å². The average molecular weight is 284 g/mol. The number of hydrogen-bond acceptors (Lipinski definition) is 4. The molecule has 1 aromatic carbocycles. The summed E-state index contributed by atoms with van der Waals surface area (Å²) >= 11 is 0. The van der Waals surface area contributed by atoms with Crippen LogP contribution in [-0.2, 0) is 9.53 Å². The van der Waals surface area contributed by atoms with E-state index in [2.05, 4.69) is 15.1 Å². The van der Waals surface area contributed by atoms with Crippen molar-refractivity contribution in [3.8, 4) is 0 Å². The molecule has 21 heavy (non-hydrogen) atoms. The number of aromatic nitrogens is 2. The summed E-state index contributed by atoms with van der Waals surface area (Å²) in [6, 6.07) is 7.60. The molecule has 3 rings (SSSR count). The minimum absolute atomic E-state index is 0.225. The van der Waals surface area contributed by atoms with Gasteiger partial charge in [-0.15, -0.1) is 0 Å². The van der Waals surface area contributed by atoms with Crippen LogP contribution in [0.1, 0.15) is 20.8 Å². The third-order valence-electron chi connectivity index (χ3n) is 3.31. The van der Waals surface area contributed by atoms with Crippen LogP contribution < -0.4 is 5.01 Å². The van der Waals surface area contributed by atoms with Crippen molar-refractivity contribution >= 4 is 28.6 Å². The van der Waals surface area contributed by atoms with Crippen LogP contribution in [0.4, 0.5) is 5.95 Å². The fourth-order valence-electron chi connectivity index (χ4n) is 2.38. The zero-order valence-electron chi connectivity index (χ0n) is 12.2. The van der Waals surface area contributed by atoms with E-state index in [9.17, 15) is 4.79 Å². The first kappa shape index (κ1) is 13.4. The van der Waals surface area contributed by atoms with Gasteiger partial charge in [-0.05, 0) is 32.9 Å². The van der Waals surface area contributed by atoms with Crippen molar-refractivity contribution < 1.29 is 9.53 Å². The van der Waals surface area contributed by atoms with Gasteiger partial charge in [0.15, 0.2) is 0 Å². The van der Waals surface area contributed by atoms with Gasteiger partial charge in [0.2, 0.25) is 5.95 Å². The van der Waals surface area contributed by atoms with Crippen molar-refractivity contribution in [1.82, 2.24) is 9.97 Å². The lowest BCUT2D eigenvalue weighted by molar-refractivity contribution is -0.114. The maximum Gasteiger partial charge on any atom is 0.286 e. The Balaban J connectivity index is 2.01. The smallest absolute Gasteiger partial charge is 0.286 e. The van der Waals surface area contributed by atoms with E-state index < -0.39 is 0 Å². The molecule has 1 amide bonds. The Labute approximate surface area is 122 Å². The summed E-state index contributed by atoms with van der Waals surface area (Å²) in [5.41, 5.74) is 2.79.